The number of hydrogen-bond acceptors (Lipinski definition) is 4. The number of nitrogens with zero attached hydrogens (tertiary/aromatic N) is 1. The van der Waals surface area contributed by atoms with E-state index in [4.69, 9.17) is 9.47 Å². The molecule has 1 aliphatic rings. The summed E-state index contributed by atoms with van der Waals surface area (Å²) >= 11 is 0. The fourth-order valence-electron chi connectivity index (χ4n) is 2.60. The molecule has 1 aromatic rings. The van der Waals surface area contributed by atoms with Crippen LogP contribution in [0, 0.1) is 0 Å². The van der Waals surface area contributed by atoms with Gasteiger partial charge >= 0.3 is 0 Å². The van der Waals surface area contributed by atoms with Crippen LogP contribution in [0.3, 0.4) is 0 Å². The standard InChI is InChI=1S/C15H24N2O2/c1-4-18-10-9-17(3)13-11-19-14-8-6-5-7-12(14)15(13)16-2/h5-8,13,15-16H,4,9-11H2,1-3H3. The Labute approximate surface area is 115 Å². The molecule has 0 aromatic heterocycles. The quantitative estimate of drug-likeness (QED) is 0.793. The van der Waals surface area contributed by atoms with Gasteiger partial charge in [-0.15, -0.1) is 0 Å². The van der Waals surface area contributed by atoms with Crippen molar-refractivity contribution in [2.45, 2.75) is 19.0 Å². The minimum absolute atomic E-state index is 0.302. The van der Waals surface area contributed by atoms with Crippen molar-refractivity contribution >= 4 is 0 Å². The molecular weight excluding hydrogens is 240 g/mol. The van der Waals surface area contributed by atoms with Crippen molar-refractivity contribution in [3.63, 3.8) is 0 Å². The first-order valence-corrected chi connectivity index (χ1v) is 6.95. The van der Waals surface area contributed by atoms with Crippen LogP contribution in [0.15, 0.2) is 24.3 Å². The highest BCUT2D eigenvalue weighted by molar-refractivity contribution is 5.38. The van der Waals surface area contributed by atoms with Crippen LogP contribution in [0.1, 0.15) is 18.5 Å². The Morgan fingerprint density at radius 3 is 2.95 bits per heavy atom. The number of hydrogen-bond donors (Lipinski definition) is 1. The van der Waals surface area contributed by atoms with Crippen LogP contribution in [-0.4, -0.2) is 51.4 Å². The monoisotopic (exact) mass is 264 g/mol. The smallest absolute Gasteiger partial charge is 0.124 e. The Kier molecular flexibility index (Phi) is 5.19. The first-order valence-electron chi connectivity index (χ1n) is 6.95. The zero-order valence-electron chi connectivity index (χ0n) is 12.1. The minimum atomic E-state index is 0.302. The number of rotatable bonds is 6. The van der Waals surface area contributed by atoms with Crippen LogP contribution < -0.4 is 10.1 Å². The zero-order chi connectivity index (χ0) is 13.7. The molecule has 0 radical (unpaired) electrons. The van der Waals surface area contributed by atoms with Crippen molar-refractivity contribution in [2.75, 3.05) is 40.5 Å². The lowest BCUT2D eigenvalue weighted by molar-refractivity contribution is 0.0689. The van der Waals surface area contributed by atoms with Gasteiger partial charge in [0.05, 0.1) is 18.7 Å². The van der Waals surface area contributed by atoms with E-state index in [1.165, 1.54) is 5.56 Å². The third-order valence-electron chi connectivity index (χ3n) is 3.72. The summed E-state index contributed by atoms with van der Waals surface area (Å²) in [5.74, 6) is 0.997. The summed E-state index contributed by atoms with van der Waals surface area (Å²) < 4.78 is 11.3. The Morgan fingerprint density at radius 1 is 1.42 bits per heavy atom. The van der Waals surface area contributed by atoms with Crippen molar-refractivity contribution < 1.29 is 9.47 Å². The van der Waals surface area contributed by atoms with E-state index in [2.05, 4.69) is 29.4 Å². The molecule has 1 heterocycles. The molecule has 2 rings (SSSR count). The number of para-hydroxylation sites is 1. The molecule has 1 N–H and O–H groups in total. The van der Waals surface area contributed by atoms with E-state index in [0.29, 0.717) is 18.7 Å². The van der Waals surface area contributed by atoms with Crippen molar-refractivity contribution in [3.8, 4) is 5.75 Å². The van der Waals surface area contributed by atoms with Crippen LogP contribution in [0.2, 0.25) is 0 Å². The number of benzene rings is 1. The third-order valence-corrected chi connectivity index (χ3v) is 3.72. The average molecular weight is 264 g/mol. The highest BCUT2D eigenvalue weighted by Crippen LogP contribution is 2.33. The lowest BCUT2D eigenvalue weighted by Gasteiger charge is -2.38. The molecular formula is C15H24N2O2. The molecule has 0 aliphatic carbocycles. The first-order chi connectivity index (χ1) is 9.27. The Bertz CT molecular complexity index is 397. The van der Waals surface area contributed by atoms with E-state index in [0.717, 1.165) is 25.5 Å². The largest absolute Gasteiger partial charge is 0.492 e. The molecule has 1 aliphatic heterocycles. The summed E-state index contributed by atoms with van der Waals surface area (Å²) in [5.41, 5.74) is 1.24. The van der Waals surface area contributed by atoms with Crippen LogP contribution >= 0.6 is 0 Å². The second-order valence-corrected chi connectivity index (χ2v) is 4.86. The van der Waals surface area contributed by atoms with E-state index in [1.807, 2.05) is 26.1 Å². The maximum atomic E-state index is 5.87. The number of ether oxygens (including phenoxy) is 2. The van der Waals surface area contributed by atoms with Gasteiger partial charge in [0.2, 0.25) is 0 Å². The maximum Gasteiger partial charge on any atom is 0.124 e. The molecule has 0 bridgehead atoms. The van der Waals surface area contributed by atoms with Crippen molar-refractivity contribution in [2.24, 2.45) is 0 Å². The van der Waals surface area contributed by atoms with E-state index < -0.39 is 0 Å². The summed E-state index contributed by atoms with van der Waals surface area (Å²) in [7, 11) is 4.14. The molecule has 1 aromatic carbocycles. The Hall–Kier alpha value is -1.10. The van der Waals surface area contributed by atoms with Gasteiger partial charge in [-0.05, 0) is 27.1 Å². The predicted octanol–water partition coefficient (Wildman–Crippen LogP) is 1.68. The molecule has 4 heteroatoms. The molecule has 0 saturated carbocycles. The number of fused-ring (bicyclic) bond motifs is 1. The number of likely N-dealkylation sites (N-methyl/N-ethyl adjacent to an activating group) is 2. The molecule has 19 heavy (non-hydrogen) atoms. The first kappa shape index (κ1) is 14.3. The Morgan fingerprint density at radius 2 is 2.21 bits per heavy atom. The SMILES string of the molecule is CCOCCN(C)C1COc2ccccc2C1NC. The molecule has 0 spiro atoms. The van der Waals surface area contributed by atoms with E-state index in [-0.39, 0.29) is 0 Å². The molecule has 2 unspecified atom stereocenters. The van der Waals surface area contributed by atoms with Gasteiger partial charge in [0.25, 0.3) is 0 Å². The lowest BCUT2D eigenvalue weighted by Crippen LogP contribution is -2.48. The third kappa shape index (κ3) is 3.26. The van der Waals surface area contributed by atoms with Gasteiger partial charge in [0.1, 0.15) is 12.4 Å². The summed E-state index contributed by atoms with van der Waals surface area (Å²) in [5, 5.41) is 3.42. The summed E-state index contributed by atoms with van der Waals surface area (Å²) in [4.78, 5) is 2.31. The van der Waals surface area contributed by atoms with Crippen LogP contribution in [0.25, 0.3) is 0 Å². The molecule has 0 fully saturated rings. The van der Waals surface area contributed by atoms with E-state index in [9.17, 15) is 0 Å². The normalized spacial score (nSPS) is 22.1. The topological polar surface area (TPSA) is 33.7 Å². The minimum Gasteiger partial charge on any atom is -0.492 e. The average Bonchev–Trinajstić information content (AvgIpc) is 2.46. The maximum absolute atomic E-state index is 5.87. The fourth-order valence-corrected chi connectivity index (χ4v) is 2.60. The molecule has 0 amide bonds. The summed E-state index contributed by atoms with van der Waals surface area (Å²) in [6.07, 6.45) is 0. The molecule has 0 saturated heterocycles. The predicted molar refractivity (Wildman–Crippen MR) is 76.6 cm³/mol. The second-order valence-electron chi connectivity index (χ2n) is 4.86. The second kappa shape index (κ2) is 6.89. The van der Waals surface area contributed by atoms with Gasteiger partial charge in [-0.3, -0.25) is 4.90 Å². The lowest BCUT2D eigenvalue weighted by atomic mass is 9.95. The molecule has 106 valence electrons. The van der Waals surface area contributed by atoms with Crippen molar-refractivity contribution in [3.05, 3.63) is 29.8 Å². The molecule has 4 nitrogen and oxygen atoms in total. The van der Waals surface area contributed by atoms with Crippen LogP contribution in [0.4, 0.5) is 0 Å². The highest BCUT2D eigenvalue weighted by Gasteiger charge is 2.32. The number of nitrogens with one attached hydrogen (secondary N) is 1. The van der Waals surface area contributed by atoms with Crippen molar-refractivity contribution in [1.82, 2.24) is 10.2 Å². The van der Waals surface area contributed by atoms with E-state index >= 15 is 0 Å². The van der Waals surface area contributed by atoms with Crippen LogP contribution in [0.5, 0.6) is 5.75 Å². The fraction of sp³-hybridized carbons (Fsp3) is 0.600. The van der Waals surface area contributed by atoms with Crippen LogP contribution in [-0.2, 0) is 4.74 Å². The molecule has 2 atom stereocenters. The highest BCUT2D eigenvalue weighted by atomic mass is 16.5. The van der Waals surface area contributed by atoms with Crippen molar-refractivity contribution in [1.29, 1.82) is 0 Å². The zero-order valence-corrected chi connectivity index (χ0v) is 12.1. The summed E-state index contributed by atoms with van der Waals surface area (Å²) in [6, 6.07) is 8.89. The van der Waals surface area contributed by atoms with Gasteiger partial charge in [-0.2, -0.15) is 0 Å². The van der Waals surface area contributed by atoms with Gasteiger partial charge in [-0.25, -0.2) is 0 Å². The van der Waals surface area contributed by atoms with E-state index in [1.54, 1.807) is 0 Å². The van der Waals surface area contributed by atoms with Gasteiger partial charge in [-0.1, -0.05) is 18.2 Å². The van der Waals surface area contributed by atoms with Gasteiger partial charge in [0, 0.05) is 18.7 Å². The van der Waals surface area contributed by atoms with Gasteiger partial charge < -0.3 is 14.8 Å². The summed E-state index contributed by atoms with van der Waals surface area (Å²) in [6.45, 7) is 5.19. The Balaban J connectivity index is 2.06. The van der Waals surface area contributed by atoms with Gasteiger partial charge in [0.15, 0.2) is 0 Å².